The smallest absolute Gasteiger partial charge is 0.394 e. The maximum Gasteiger partial charge on any atom is 0.394 e. The fourth-order valence-electron chi connectivity index (χ4n) is 4.82. The van der Waals surface area contributed by atoms with Crippen molar-refractivity contribution in [2.75, 3.05) is 0 Å². The Labute approximate surface area is 188 Å². The van der Waals surface area contributed by atoms with E-state index in [9.17, 15) is 13.2 Å². The van der Waals surface area contributed by atoms with Crippen LogP contribution in [0.4, 0.5) is 13.2 Å². The summed E-state index contributed by atoms with van der Waals surface area (Å²) in [5, 5.41) is 5.53. The molecule has 33 heavy (non-hydrogen) atoms. The summed E-state index contributed by atoms with van der Waals surface area (Å²) in [5.41, 5.74) is 0.504. The second-order valence-electron chi connectivity index (χ2n) is 9.33. The molecule has 0 fully saturated rings. The van der Waals surface area contributed by atoms with Crippen LogP contribution in [-0.4, -0.2) is 11.2 Å². The zero-order valence-corrected chi connectivity index (χ0v) is 18.1. The molecule has 0 atom stereocenters. The minimum Gasteiger partial charge on any atom is -0.456 e. The van der Waals surface area contributed by atoms with Crippen LogP contribution >= 0.6 is 0 Å². The van der Waals surface area contributed by atoms with Crippen molar-refractivity contribution in [1.29, 1.82) is 0 Å². The van der Waals surface area contributed by atoms with Gasteiger partial charge < -0.3 is 4.74 Å². The van der Waals surface area contributed by atoms with Gasteiger partial charge in [-0.1, -0.05) is 56.3 Å². The highest BCUT2D eigenvalue weighted by Crippen LogP contribution is 2.50. The molecule has 0 N–H and O–H groups in total. The van der Waals surface area contributed by atoms with Crippen molar-refractivity contribution in [3.63, 3.8) is 0 Å². The fraction of sp³-hybridized carbons (Fsp3) is 0.179. The molecule has 2 heterocycles. The van der Waals surface area contributed by atoms with Crippen molar-refractivity contribution in [2.45, 2.75) is 26.4 Å². The number of alkyl halides is 3. The van der Waals surface area contributed by atoms with Crippen molar-refractivity contribution >= 4 is 32.3 Å². The predicted molar refractivity (Wildman–Crippen MR) is 126 cm³/mol. The Morgan fingerprint density at radius 2 is 1.48 bits per heavy atom. The van der Waals surface area contributed by atoms with Gasteiger partial charge >= 0.3 is 6.18 Å². The van der Waals surface area contributed by atoms with Gasteiger partial charge in [0.15, 0.2) is 0 Å². The standard InChI is InChI=1S/C28H20F3NO/c1-27(2,28(29,30)31)15-19-9-5-8-18-14-23-25-20(24(18)19)10-11-32-26(25)21-12-16-6-3-4-7-17(16)13-22(21)33-23/h3-14H,15H2,1-2H3. The summed E-state index contributed by atoms with van der Waals surface area (Å²) < 4.78 is 47.4. The molecule has 0 aliphatic carbocycles. The zero-order chi connectivity index (χ0) is 23.0. The van der Waals surface area contributed by atoms with Gasteiger partial charge in [-0.05, 0) is 63.2 Å². The lowest BCUT2D eigenvalue weighted by Crippen LogP contribution is -2.34. The van der Waals surface area contributed by atoms with E-state index in [1.165, 1.54) is 13.8 Å². The van der Waals surface area contributed by atoms with E-state index in [0.717, 1.165) is 49.3 Å². The van der Waals surface area contributed by atoms with Gasteiger partial charge in [0, 0.05) is 11.8 Å². The maximum atomic E-state index is 13.7. The van der Waals surface area contributed by atoms with Gasteiger partial charge in [0.25, 0.3) is 0 Å². The van der Waals surface area contributed by atoms with Crippen LogP contribution in [-0.2, 0) is 6.42 Å². The van der Waals surface area contributed by atoms with E-state index in [1.54, 1.807) is 12.3 Å². The van der Waals surface area contributed by atoms with Crippen LogP contribution in [0.25, 0.3) is 43.6 Å². The fourth-order valence-corrected chi connectivity index (χ4v) is 4.82. The van der Waals surface area contributed by atoms with E-state index in [0.29, 0.717) is 11.3 Å². The summed E-state index contributed by atoms with van der Waals surface area (Å²) in [6.07, 6.45) is -2.68. The normalized spacial score (nSPS) is 13.4. The zero-order valence-electron chi connectivity index (χ0n) is 18.1. The number of pyridine rings is 1. The Kier molecular flexibility index (Phi) is 4.07. The largest absolute Gasteiger partial charge is 0.456 e. The first-order valence-electron chi connectivity index (χ1n) is 10.8. The number of hydrogen-bond acceptors (Lipinski definition) is 2. The molecule has 164 valence electrons. The number of halogens is 3. The second-order valence-corrected chi connectivity index (χ2v) is 9.33. The van der Waals surface area contributed by atoms with E-state index in [-0.39, 0.29) is 6.42 Å². The molecule has 2 nitrogen and oxygen atoms in total. The third-order valence-electron chi connectivity index (χ3n) is 6.66. The average Bonchev–Trinajstić information content (AvgIpc) is 2.77. The van der Waals surface area contributed by atoms with Gasteiger partial charge in [0.2, 0.25) is 0 Å². The Morgan fingerprint density at radius 3 is 2.24 bits per heavy atom. The molecule has 0 amide bonds. The van der Waals surface area contributed by atoms with Crippen LogP contribution in [0.3, 0.4) is 0 Å². The highest BCUT2D eigenvalue weighted by molar-refractivity contribution is 6.17. The summed E-state index contributed by atoms with van der Waals surface area (Å²) in [6, 6.07) is 21.5. The molecule has 5 aromatic rings. The number of benzene rings is 4. The molecule has 0 saturated carbocycles. The number of ether oxygens (including phenoxy) is 1. The minimum absolute atomic E-state index is 0.109. The summed E-state index contributed by atoms with van der Waals surface area (Å²) >= 11 is 0. The van der Waals surface area contributed by atoms with Crippen LogP contribution in [0, 0.1) is 5.41 Å². The molecule has 0 saturated heterocycles. The molecule has 4 aromatic carbocycles. The van der Waals surface area contributed by atoms with Gasteiger partial charge in [0.05, 0.1) is 16.5 Å². The first-order valence-corrected chi connectivity index (χ1v) is 10.8. The van der Waals surface area contributed by atoms with Crippen LogP contribution in [0.5, 0.6) is 11.5 Å². The Morgan fingerprint density at radius 1 is 0.788 bits per heavy atom. The van der Waals surface area contributed by atoms with Gasteiger partial charge in [-0.3, -0.25) is 4.98 Å². The first kappa shape index (κ1) is 20.0. The first-order chi connectivity index (χ1) is 15.7. The highest BCUT2D eigenvalue weighted by atomic mass is 19.4. The molecular formula is C28H20F3NO. The minimum atomic E-state index is -4.30. The van der Waals surface area contributed by atoms with Gasteiger partial charge in [0.1, 0.15) is 11.5 Å². The van der Waals surface area contributed by atoms with Crippen LogP contribution in [0.1, 0.15) is 19.4 Å². The molecule has 0 spiro atoms. The molecule has 0 radical (unpaired) electrons. The monoisotopic (exact) mass is 443 g/mol. The van der Waals surface area contributed by atoms with E-state index in [4.69, 9.17) is 4.74 Å². The van der Waals surface area contributed by atoms with Crippen LogP contribution in [0.2, 0.25) is 0 Å². The van der Waals surface area contributed by atoms with Gasteiger partial charge in [-0.25, -0.2) is 0 Å². The topological polar surface area (TPSA) is 22.1 Å². The lowest BCUT2D eigenvalue weighted by atomic mass is 9.82. The number of hydrogen-bond donors (Lipinski definition) is 0. The second kappa shape index (κ2) is 6.70. The summed E-state index contributed by atoms with van der Waals surface area (Å²) in [6.45, 7) is 2.51. The third kappa shape index (κ3) is 2.99. The van der Waals surface area contributed by atoms with Gasteiger partial charge in [-0.2, -0.15) is 13.2 Å². The van der Waals surface area contributed by atoms with Gasteiger partial charge in [-0.15, -0.1) is 0 Å². The van der Waals surface area contributed by atoms with Crippen molar-refractivity contribution in [2.24, 2.45) is 5.41 Å². The van der Waals surface area contributed by atoms with E-state index in [2.05, 4.69) is 11.1 Å². The lowest BCUT2D eigenvalue weighted by molar-refractivity contribution is -0.210. The van der Waals surface area contributed by atoms with Crippen molar-refractivity contribution in [3.8, 4) is 22.8 Å². The van der Waals surface area contributed by atoms with E-state index < -0.39 is 11.6 Å². The molecule has 6 rings (SSSR count). The molecule has 1 aliphatic rings. The highest BCUT2D eigenvalue weighted by Gasteiger charge is 2.47. The average molecular weight is 443 g/mol. The SMILES string of the molecule is CC(C)(Cc1cccc2cc3c4c(nccc4c12)-c1cc2ccccc2cc1O3)C(F)(F)F. The number of fused-ring (bicyclic) bond motifs is 5. The molecule has 1 aromatic heterocycles. The Hall–Kier alpha value is -3.60. The molecule has 1 aliphatic heterocycles. The number of aromatic nitrogens is 1. The Balaban J connectivity index is 1.64. The Bertz CT molecular complexity index is 1580. The molecule has 5 heteroatoms. The molecule has 0 bridgehead atoms. The van der Waals surface area contributed by atoms with Crippen molar-refractivity contribution in [1.82, 2.24) is 4.98 Å². The summed E-state index contributed by atoms with van der Waals surface area (Å²) in [5.74, 6) is 1.41. The van der Waals surface area contributed by atoms with E-state index >= 15 is 0 Å². The third-order valence-corrected chi connectivity index (χ3v) is 6.66. The van der Waals surface area contributed by atoms with Crippen LogP contribution < -0.4 is 4.74 Å². The molecular weight excluding hydrogens is 423 g/mol. The summed E-state index contributed by atoms with van der Waals surface area (Å²) in [4.78, 5) is 4.68. The number of nitrogens with zero attached hydrogens (tertiary/aromatic N) is 1. The maximum absolute atomic E-state index is 13.7. The quantitative estimate of drug-likeness (QED) is 0.251. The van der Waals surface area contributed by atoms with E-state index in [1.807, 2.05) is 54.6 Å². The predicted octanol–water partition coefficient (Wildman–Crippen LogP) is 8.44. The lowest BCUT2D eigenvalue weighted by Gasteiger charge is -2.29. The number of rotatable bonds is 2. The van der Waals surface area contributed by atoms with Crippen molar-refractivity contribution in [3.05, 3.63) is 78.5 Å². The van der Waals surface area contributed by atoms with Crippen LogP contribution in [0.15, 0.2) is 72.9 Å². The summed E-state index contributed by atoms with van der Waals surface area (Å²) in [7, 11) is 0. The molecule has 0 unspecified atom stereocenters. The van der Waals surface area contributed by atoms with Crippen molar-refractivity contribution < 1.29 is 17.9 Å².